The van der Waals surface area contributed by atoms with Gasteiger partial charge in [-0.1, -0.05) is 6.07 Å². The Morgan fingerprint density at radius 2 is 1.62 bits per heavy atom. The summed E-state index contributed by atoms with van der Waals surface area (Å²) in [5.74, 6) is -2.08. The summed E-state index contributed by atoms with van der Waals surface area (Å²) in [6.07, 6.45) is 1.32. The maximum absolute atomic E-state index is 12.9. The molecule has 162 valence electrons. The molecule has 0 atom stereocenters. The van der Waals surface area contributed by atoms with Crippen LogP contribution in [0.4, 0.5) is 10.1 Å². The number of ether oxygens (including phenoxy) is 2. The molecule has 0 aliphatic carbocycles. The summed E-state index contributed by atoms with van der Waals surface area (Å²) in [6.45, 7) is 0. The van der Waals surface area contributed by atoms with E-state index in [1.165, 1.54) is 25.5 Å². The van der Waals surface area contributed by atoms with E-state index in [-0.39, 0.29) is 5.69 Å². The molecule has 0 heterocycles. The molecule has 0 radical (unpaired) electrons. The van der Waals surface area contributed by atoms with Crippen molar-refractivity contribution in [1.82, 2.24) is 5.43 Å². The van der Waals surface area contributed by atoms with Crippen molar-refractivity contribution < 1.29 is 28.2 Å². The Bertz CT molecular complexity index is 1150. The van der Waals surface area contributed by atoms with Crippen LogP contribution in [0.1, 0.15) is 15.9 Å². The van der Waals surface area contributed by atoms with Crippen LogP contribution in [0.2, 0.25) is 0 Å². The van der Waals surface area contributed by atoms with Crippen LogP contribution in [0.25, 0.3) is 0 Å². The van der Waals surface area contributed by atoms with Gasteiger partial charge in [0.25, 0.3) is 0 Å². The van der Waals surface area contributed by atoms with Crippen LogP contribution in [0, 0.1) is 5.82 Å². The Morgan fingerprint density at radius 3 is 2.31 bits per heavy atom. The molecule has 0 saturated carbocycles. The number of carbonyl (C=O) groups excluding carboxylic acids is 3. The van der Waals surface area contributed by atoms with E-state index in [4.69, 9.17) is 9.47 Å². The number of anilines is 1. The third kappa shape index (κ3) is 6.23. The largest absolute Gasteiger partial charge is 0.497 e. The molecule has 0 aliphatic heterocycles. The van der Waals surface area contributed by atoms with Gasteiger partial charge in [0, 0.05) is 5.69 Å². The first kappa shape index (κ1) is 22.2. The predicted octanol–water partition coefficient (Wildman–Crippen LogP) is 3.14. The fraction of sp³-hybridized carbons (Fsp3) is 0.0435. The van der Waals surface area contributed by atoms with Gasteiger partial charge in [0.1, 0.15) is 17.3 Å². The van der Waals surface area contributed by atoms with E-state index >= 15 is 0 Å². The van der Waals surface area contributed by atoms with Crippen LogP contribution in [0.5, 0.6) is 11.5 Å². The summed E-state index contributed by atoms with van der Waals surface area (Å²) in [5.41, 5.74) is 3.29. The van der Waals surface area contributed by atoms with Gasteiger partial charge in [0.05, 0.1) is 18.9 Å². The third-order valence-corrected chi connectivity index (χ3v) is 4.08. The lowest BCUT2D eigenvalue weighted by Gasteiger charge is -2.06. The summed E-state index contributed by atoms with van der Waals surface area (Å²) in [6, 6.07) is 17.9. The van der Waals surface area contributed by atoms with Crippen molar-refractivity contribution >= 4 is 29.7 Å². The maximum atomic E-state index is 12.9. The predicted molar refractivity (Wildman–Crippen MR) is 115 cm³/mol. The first-order chi connectivity index (χ1) is 15.4. The van der Waals surface area contributed by atoms with Crippen LogP contribution >= 0.6 is 0 Å². The van der Waals surface area contributed by atoms with Gasteiger partial charge in [-0.2, -0.15) is 5.10 Å². The molecule has 9 heteroatoms. The Kier molecular flexibility index (Phi) is 7.26. The summed E-state index contributed by atoms with van der Waals surface area (Å²) < 4.78 is 23.3. The Labute approximate surface area is 182 Å². The van der Waals surface area contributed by atoms with E-state index in [0.29, 0.717) is 22.6 Å². The van der Waals surface area contributed by atoms with Gasteiger partial charge in [-0.15, -0.1) is 0 Å². The molecule has 0 bridgehead atoms. The number of esters is 1. The minimum Gasteiger partial charge on any atom is -0.497 e. The lowest BCUT2D eigenvalue weighted by Crippen LogP contribution is -2.32. The van der Waals surface area contributed by atoms with Crippen LogP contribution in [0.3, 0.4) is 0 Å². The number of methoxy groups -OCH3 is 1. The molecule has 2 amide bonds. The SMILES string of the molecule is COc1cccc(C(=O)Oc2ccc(/C=N/NC(=O)C(=O)Nc3ccc(F)cc3)cc2)c1. The summed E-state index contributed by atoms with van der Waals surface area (Å²) in [5, 5.41) is 6.02. The molecule has 3 rings (SSSR count). The molecule has 3 aromatic rings. The van der Waals surface area contributed by atoms with Gasteiger partial charge < -0.3 is 14.8 Å². The molecule has 0 aromatic heterocycles. The zero-order chi connectivity index (χ0) is 22.9. The second-order valence-electron chi connectivity index (χ2n) is 6.35. The maximum Gasteiger partial charge on any atom is 0.343 e. The van der Waals surface area contributed by atoms with Crippen molar-refractivity contribution in [2.75, 3.05) is 12.4 Å². The smallest absolute Gasteiger partial charge is 0.343 e. The number of nitrogens with one attached hydrogen (secondary N) is 2. The minimum absolute atomic E-state index is 0.273. The molecule has 8 nitrogen and oxygen atoms in total. The number of carbonyl (C=O) groups is 3. The lowest BCUT2D eigenvalue weighted by atomic mass is 10.2. The normalized spacial score (nSPS) is 10.4. The van der Waals surface area contributed by atoms with E-state index in [0.717, 1.165) is 12.1 Å². The van der Waals surface area contributed by atoms with E-state index < -0.39 is 23.6 Å². The monoisotopic (exact) mass is 435 g/mol. The minimum atomic E-state index is -0.991. The van der Waals surface area contributed by atoms with Gasteiger partial charge in [-0.25, -0.2) is 14.6 Å². The molecule has 0 saturated heterocycles. The first-order valence-electron chi connectivity index (χ1n) is 9.31. The number of benzene rings is 3. The number of hydrogen-bond acceptors (Lipinski definition) is 6. The highest BCUT2D eigenvalue weighted by molar-refractivity contribution is 6.39. The molecule has 2 N–H and O–H groups in total. The number of halogens is 1. The zero-order valence-electron chi connectivity index (χ0n) is 16.9. The van der Waals surface area contributed by atoms with Crippen molar-refractivity contribution in [3.05, 3.63) is 89.7 Å². The topological polar surface area (TPSA) is 106 Å². The second kappa shape index (κ2) is 10.5. The van der Waals surface area contributed by atoms with Crippen molar-refractivity contribution in [1.29, 1.82) is 0 Å². The molecule has 0 spiro atoms. The Morgan fingerprint density at radius 1 is 0.906 bits per heavy atom. The fourth-order valence-electron chi connectivity index (χ4n) is 2.48. The summed E-state index contributed by atoms with van der Waals surface area (Å²) >= 11 is 0. The highest BCUT2D eigenvalue weighted by atomic mass is 19.1. The van der Waals surface area contributed by atoms with Crippen LogP contribution in [-0.4, -0.2) is 31.1 Å². The highest BCUT2D eigenvalue weighted by Gasteiger charge is 2.13. The molecular weight excluding hydrogens is 417 g/mol. The summed E-state index contributed by atoms with van der Waals surface area (Å²) in [4.78, 5) is 35.8. The molecule has 0 fully saturated rings. The number of amides is 2. The standard InChI is InChI=1S/C23H18FN3O5/c1-31-20-4-2-3-16(13-20)23(30)32-19-11-5-15(6-12-19)14-25-27-22(29)21(28)26-18-9-7-17(24)8-10-18/h2-14H,1H3,(H,26,28)(H,27,29)/b25-14+. The van der Waals surface area contributed by atoms with E-state index in [1.54, 1.807) is 48.5 Å². The molecule has 3 aromatic carbocycles. The Hall–Kier alpha value is -4.53. The quantitative estimate of drug-likeness (QED) is 0.203. The number of nitrogens with zero attached hydrogens (tertiary/aromatic N) is 1. The first-order valence-corrected chi connectivity index (χ1v) is 9.31. The van der Waals surface area contributed by atoms with Crippen molar-refractivity contribution in [2.24, 2.45) is 5.10 Å². The van der Waals surface area contributed by atoms with Gasteiger partial charge in [0.15, 0.2) is 0 Å². The van der Waals surface area contributed by atoms with Crippen molar-refractivity contribution in [2.45, 2.75) is 0 Å². The third-order valence-electron chi connectivity index (χ3n) is 4.08. The van der Waals surface area contributed by atoms with E-state index in [9.17, 15) is 18.8 Å². The van der Waals surface area contributed by atoms with Gasteiger partial charge >= 0.3 is 17.8 Å². The van der Waals surface area contributed by atoms with Gasteiger partial charge in [0.2, 0.25) is 0 Å². The zero-order valence-corrected chi connectivity index (χ0v) is 16.9. The molecule has 32 heavy (non-hydrogen) atoms. The lowest BCUT2D eigenvalue weighted by molar-refractivity contribution is -0.136. The van der Waals surface area contributed by atoms with Gasteiger partial charge in [-0.05, 0) is 72.3 Å². The van der Waals surface area contributed by atoms with Crippen LogP contribution in [0.15, 0.2) is 77.9 Å². The van der Waals surface area contributed by atoms with E-state index in [1.807, 2.05) is 0 Å². The van der Waals surface area contributed by atoms with E-state index in [2.05, 4.69) is 15.8 Å². The van der Waals surface area contributed by atoms with Crippen LogP contribution < -0.4 is 20.2 Å². The molecular formula is C23H18FN3O5. The van der Waals surface area contributed by atoms with Crippen molar-refractivity contribution in [3.63, 3.8) is 0 Å². The Balaban J connectivity index is 1.51. The highest BCUT2D eigenvalue weighted by Crippen LogP contribution is 2.17. The van der Waals surface area contributed by atoms with Gasteiger partial charge in [-0.3, -0.25) is 9.59 Å². The fourth-order valence-corrected chi connectivity index (χ4v) is 2.48. The number of rotatable bonds is 6. The second-order valence-corrected chi connectivity index (χ2v) is 6.35. The molecule has 0 unspecified atom stereocenters. The average molecular weight is 435 g/mol. The van der Waals surface area contributed by atoms with Crippen molar-refractivity contribution in [3.8, 4) is 11.5 Å². The number of hydrazone groups is 1. The summed E-state index contributed by atoms with van der Waals surface area (Å²) in [7, 11) is 1.51. The average Bonchev–Trinajstić information content (AvgIpc) is 2.81. The number of hydrogen-bond donors (Lipinski definition) is 2. The van der Waals surface area contributed by atoms with Crippen LogP contribution in [-0.2, 0) is 9.59 Å². The molecule has 0 aliphatic rings.